The van der Waals surface area contributed by atoms with Crippen molar-refractivity contribution in [3.05, 3.63) is 29.8 Å². The summed E-state index contributed by atoms with van der Waals surface area (Å²) in [6.45, 7) is 5.92. The van der Waals surface area contributed by atoms with E-state index in [2.05, 4.69) is 10.6 Å². The monoisotopic (exact) mass is 308 g/mol. The summed E-state index contributed by atoms with van der Waals surface area (Å²) in [4.78, 5) is 23.2. The fourth-order valence-corrected chi connectivity index (χ4v) is 1.68. The second-order valence-electron chi connectivity index (χ2n) is 5.93. The van der Waals surface area contributed by atoms with Crippen LogP contribution < -0.4 is 10.6 Å². The number of rotatable bonds is 6. The number of benzene rings is 1. The van der Waals surface area contributed by atoms with Gasteiger partial charge in [-0.15, -0.1) is 0 Å². The van der Waals surface area contributed by atoms with Crippen LogP contribution in [-0.4, -0.2) is 35.9 Å². The summed E-state index contributed by atoms with van der Waals surface area (Å²) in [5.41, 5.74) is 0.909. The molecule has 2 amide bonds. The maximum atomic E-state index is 11.6. The number of anilines is 1. The molecule has 0 spiro atoms. The number of carbonyl (C=O) groups is 2. The third-order valence-corrected chi connectivity index (χ3v) is 2.62. The van der Waals surface area contributed by atoms with E-state index in [1.807, 2.05) is 0 Å². The summed E-state index contributed by atoms with van der Waals surface area (Å²) in [6, 6.07) is 7.00. The smallest absolute Gasteiger partial charge is 0.412 e. The molecule has 1 aromatic rings. The fraction of sp³-hybridized carbons (Fsp3) is 0.500. The van der Waals surface area contributed by atoms with Crippen molar-refractivity contribution in [3.63, 3.8) is 0 Å². The van der Waals surface area contributed by atoms with E-state index in [0.29, 0.717) is 18.7 Å². The van der Waals surface area contributed by atoms with Crippen LogP contribution in [-0.2, 0) is 16.0 Å². The first kappa shape index (κ1) is 18.0. The summed E-state index contributed by atoms with van der Waals surface area (Å²) in [5, 5.41) is 14.0. The molecule has 22 heavy (non-hydrogen) atoms. The van der Waals surface area contributed by atoms with Gasteiger partial charge in [-0.3, -0.25) is 10.1 Å². The van der Waals surface area contributed by atoms with Crippen molar-refractivity contribution in [2.75, 3.05) is 18.5 Å². The number of hydrogen-bond acceptors (Lipinski definition) is 4. The molecule has 1 aromatic carbocycles. The highest BCUT2D eigenvalue weighted by atomic mass is 16.6. The van der Waals surface area contributed by atoms with Crippen molar-refractivity contribution in [3.8, 4) is 0 Å². The molecular weight excluding hydrogens is 284 g/mol. The van der Waals surface area contributed by atoms with Crippen molar-refractivity contribution in [1.29, 1.82) is 0 Å². The Kier molecular flexibility index (Phi) is 6.85. The van der Waals surface area contributed by atoms with Crippen LogP contribution in [0.5, 0.6) is 0 Å². The van der Waals surface area contributed by atoms with E-state index < -0.39 is 11.7 Å². The molecule has 0 unspecified atom stereocenters. The standard InChI is InChI=1S/C16H24N2O4/c1-16(2,3)22-15(21)18-13-7-5-12(6-8-13)11-14(20)17-9-4-10-19/h5-8,19H,4,9-11H2,1-3H3,(H,17,20)(H,18,21). The molecule has 0 aliphatic rings. The van der Waals surface area contributed by atoms with Crippen molar-refractivity contribution in [1.82, 2.24) is 5.32 Å². The van der Waals surface area contributed by atoms with Gasteiger partial charge in [0.1, 0.15) is 5.60 Å². The number of ether oxygens (including phenoxy) is 1. The van der Waals surface area contributed by atoms with E-state index in [0.717, 1.165) is 5.56 Å². The van der Waals surface area contributed by atoms with E-state index >= 15 is 0 Å². The number of amides is 2. The second kappa shape index (κ2) is 8.38. The third-order valence-electron chi connectivity index (χ3n) is 2.62. The lowest BCUT2D eigenvalue weighted by Crippen LogP contribution is -2.27. The van der Waals surface area contributed by atoms with Gasteiger partial charge in [-0.05, 0) is 44.9 Å². The molecule has 0 heterocycles. The van der Waals surface area contributed by atoms with Crippen LogP contribution in [0.2, 0.25) is 0 Å². The predicted octanol–water partition coefficient (Wildman–Crippen LogP) is 2.07. The molecule has 1 rings (SSSR count). The second-order valence-corrected chi connectivity index (χ2v) is 5.93. The Balaban J connectivity index is 2.46. The SMILES string of the molecule is CC(C)(C)OC(=O)Nc1ccc(CC(=O)NCCCO)cc1. The first-order valence-corrected chi connectivity index (χ1v) is 7.26. The average molecular weight is 308 g/mol. The molecule has 0 radical (unpaired) electrons. The van der Waals surface area contributed by atoms with Crippen LogP contribution in [0.3, 0.4) is 0 Å². The predicted molar refractivity (Wildman–Crippen MR) is 84.7 cm³/mol. The maximum Gasteiger partial charge on any atom is 0.412 e. The molecule has 0 aromatic heterocycles. The zero-order valence-corrected chi connectivity index (χ0v) is 13.3. The minimum Gasteiger partial charge on any atom is -0.444 e. The maximum absolute atomic E-state index is 11.6. The van der Waals surface area contributed by atoms with E-state index in [-0.39, 0.29) is 18.9 Å². The molecule has 0 aliphatic heterocycles. The van der Waals surface area contributed by atoms with Gasteiger partial charge in [-0.2, -0.15) is 0 Å². The zero-order valence-electron chi connectivity index (χ0n) is 13.3. The molecule has 0 saturated heterocycles. The summed E-state index contributed by atoms with van der Waals surface area (Å²) in [6.07, 6.45) is 0.296. The summed E-state index contributed by atoms with van der Waals surface area (Å²) in [7, 11) is 0. The van der Waals surface area contributed by atoms with Gasteiger partial charge in [0.25, 0.3) is 0 Å². The molecule has 6 heteroatoms. The Bertz CT molecular complexity index is 492. The van der Waals surface area contributed by atoms with Gasteiger partial charge in [0.2, 0.25) is 5.91 Å². The molecule has 0 atom stereocenters. The van der Waals surface area contributed by atoms with Gasteiger partial charge >= 0.3 is 6.09 Å². The van der Waals surface area contributed by atoms with Crippen molar-refractivity contribution >= 4 is 17.7 Å². The minimum absolute atomic E-state index is 0.0608. The van der Waals surface area contributed by atoms with Crippen LogP contribution in [0.15, 0.2) is 24.3 Å². The van der Waals surface area contributed by atoms with Gasteiger partial charge in [-0.25, -0.2) is 4.79 Å². The van der Waals surface area contributed by atoms with Crippen LogP contribution in [0.4, 0.5) is 10.5 Å². The quantitative estimate of drug-likeness (QED) is 0.702. The minimum atomic E-state index is -0.545. The Morgan fingerprint density at radius 1 is 1.18 bits per heavy atom. The van der Waals surface area contributed by atoms with Gasteiger partial charge in [0, 0.05) is 18.8 Å². The first-order valence-electron chi connectivity index (χ1n) is 7.26. The van der Waals surface area contributed by atoms with Gasteiger partial charge in [0.05, 0.1) is 6.42 Å². The molecule has 122 valence electrons. The lowest BCUT2D eigenvalue weighted by atomic mass is 10.1. The van der Waals surface area contributed by atoms with E-state index in [1.165, 1.54) is 0 Å². The lowest BCUT2D eigenvalue weighted by Gasteiger charge is -2.19. The number of aliphatic hydroxyl groups is 1. The van der Waals surface area contributed by atoms with Gasteiger partial charge in [0.15, 0.2) is 0 Å². The summed E-state index contributed by atoms with van der Waals surface area (Å²) in [5.74, 6) is -0.0960. The normalized spacial score (nSPS) is 10.9. The van der Waals surface area contributed by atoms with Gasteiger partial charge in [-0.1, -0.05) is 12.1 Å². The van der Waals surface area contributed by atoms with Crippen molar-refractivity contribution < 1.29 is 19.4 Å². The molecule has 0 saturated carbocycles. The van der Waals surface area contributed by atoms with Gasteiger partial charge < -0.3 is 15.2 Å². The molecule has 6 nitrogen and oxygen atoms in total. The highest BCUT2D eigenvalue weighted by Crippen LogP contribution is 2.13. The fourth-order valence-electron chi connectivity index (χ4n) is 1.68. The Labute approximate surface area is 130 Å². The molecule has 0 aliphatic carbocycles. The van der Waals surface area contributed by atoms with Crippen LogP contribution in [0, 0.1) is 0 Å². The van der Waals surface area contributed by atoms with Crippen LogP contribution >= 0.6 is 0 Å². The van der Waals surface area contributed by atoms with E-state index in [1.54, 1.807) is 45.0 Å². The van der Waals surface area contributed by atoms with E-state index in [4.69, 9.17) is 9.84 Å². The molecule has 3 N–H and O–H groups in total. The van der Waals surface area contributed by atoms with Crippen LogP contribution in [0.1, 0.15) is 32.8 Å². The van der Waals surface area contributed by atoms with Crippen LogP contribution in [0.25, 0.3) is 0 Å². The van der Waals surface area contributed by atoms with Crippen molar-refractivity contribution in [2.45, 2.75) is 39.2 Å². The number of aliphatic hydroxyl groups excluding tert-OH is 1. The number of nitrogens with one attached hydrogen (secondary N) is 2. The average Bonchev–Trinajstić information content (AvgIpc) is 2.39. The molecule has 0 bridgehead atoms. The largest absolute Gasteiger partial charge is 0.444 e. The topological polar surface area (TPSA) is 87.7 Å². The molecule has 0 fully saturated rings. The highest BCUT2D eigenvalue weighted by Gasteiger charge is 2.16. The Hall–Kier alpha value is -2.08. The summed E-state index contributed by atoms with van der Waals surface area (Å²) >= 11 is 0. The number of hydrogen-bond donors (Lipinski definition) is 3. The highest BCUT2D eigenvalue weighted by molar-refractivity contribution is 5.85. The third kappa shape index (κ3) is 7.64. The first-order chi connectivity index (χ1) is 10.3. The zero-order chi connectivity index (χ0) is 16.6. The number of carbonyl (C=O) groups excluding carboxylic acids is 2. The Morgan fingerprint density at radius 3 is 2.36 bits per heavy atom. The molecular formula is C16H24N2O4. The Morgan fingerprint density at radius 2 is 1.82 bits per heavy atom. The van der Waals surface area contributed by atoms with E-state index in [9.17, 15) is 9.59 Å². The summed E-state index contributed by atoms with van der Waals surface area (Å²) < 4.78 is 5.16. The lowest BCUT2D eigenvalue weighted by molar-refractivity contribution is -0.120. The van der Waals surface area contributed by atoms with Crippen molar-refractivity contribution in [2.24, 2.45) is 0 Å².